The number of carboxylic acid groups (broad SMARTS) is 1. The summed E-state index contributed by atoms with van der Waals surface area (Å²) in [6.07, 6.45) is 0.338. The van der Waals surface area contributed by atoms with Crippen LogP contribution in [0.1, 0.15) is 39.4 Å². The Bertz CT molecular complexity index is 776. The second-order valence-corrected chi connectivity index (χ2v) is 5.14. The van der Waals surface area contributed by atoms with Crippen molar-refractivity contribution < 1.29 is 28.4 Å². The smallest absolute Gasteiger partial charge is 0.339 e. The summed E-state index contributed by atoms with van der Waals surface area (Å²) >= 11 is 0. The van der Waals surface area contributed by atoms with Gasteiger partial charge in [0.05, 0.1) is 0 Å². The largest absolute Gasteiger partial charge is 0.478 e. The van der Waals surface area contributed by atoms with Crippen LogP contribution >= 0.6 is 0 Å². The zero-order valence-corrected chi connectivity index (χ0v) is 13.5. The first-order valence-electron chi connectivity index (χ1n) is 7.16. The lowest BCUT2D eigenvalue weighted by atomic mass is 10.2. The van der Waals surface area contributed by atoms with E-state index in [-0.39, 0.29) is 29.4 Å². The van der Waals surface area contributed by atoms with Crippen LogP contribution in [0.2, 0.25) is 0 Å². The molecule has 0 fully saturated rings. The average molecular weight is 335 g/mol. The lowest BCUT2D eigenvalue weighted by molar-refractivity contribution is -0.116. The van der Waals surface area contributed by atoms with E-state index in [1.807, 2.05) is 0 Å². The number of aromatic carboxylic acids is 1. The molecule has 0 spiro atoms. The Morgan fingerprint density at radius 1 is 1.33 bits per heavy atom. The molecule has 0 aliphatic carbocycles. The molecule has 9 heteroatoms. The van der Waals surface area contributed by atoms with Crippen molar-refractivity contribution in [1.82, 2.24) is 10.1 Å². The Morgan fingerprint density at radius 2 is 2.04 bits per heavy atom. The van der Waals surface area contributed by atoms with Crippen LogP contribution in [0.4, 0.5) is 5.82 Å². The van der Waals surface area contributed by atoms with E-state index in [0.717, 1.165) is 4.90 Å². The molecule has 128 valence electrons. The molecule has 2 aromatic rings. The number of nitrogens with zero attached hydrogens (tertiary/aromatic N) is 2. The Labute approximate surface area is 137 Å². The molecule has 0 aliphatic heterocycles. The minimum Gasteiger partial charge on any atom is -0.478 e. The predicted octanol–water partition coefficient (Wildman–Crippen LogP) is 1.55. The van der Waals surface area contributed by atoms with Crippen molar-refractivity contribution >= 4 is 23.6 Å². The fourth-order valence-corrected chi connectivity index (χ4v) is 2.06. The maximum Gasteiger partial charge on any atom is 0.339 e. The number of hydrogen-bond donors (Lipinski definition) is 2. The normalized spacial score (nSPS) is 10.5. The molecule has 2 rings (SSSR count). The molecule has 0 radical (unpaired) electrons. The summed E-state index contributed by atoms with van der Waals surface area (Å²) < 4.78 is 10.1. The number of carboxylic acids is 1. The van der Waals surface area contributed by atoms with Gasteiger partial charge in [0.25, 0.3) is 5.91 Å². The molecule has 24 heavy (non-hydrogen) atoms. The molecule has 2 N–H and O–H groups in total. The van der Waals surface area contributed by atoms with E-state index in [2.05, 4.69) is 10.5 Å². The molecule has 9 nitrogen and oxygen atoms in total. The fraction of sp³-hybridized carbons (Fsp3) is 0.333. The number of furan rings is 1. The van der Waals surface area contributed by atoms with E-state index >= 15 is 0 Å². The molecule has 2 amide bonds. The van der Waals surface area contributed by atoms with Crippen LogP contribution in [-0.2, 0) is 11.2 Å². The third kappa shape index (κ3) is 3.80. The van der Waals surface area contributed by atoms with Crippen molar-refractivity contribution in [2.75, 3.05) is 18.9 Å². The molecular weight excluding hydrogens is 318 g/mol. The summed E-state index contributed by atoms with van der Waals surface area (Å²) in [6.45, 7) is 3.15. The number of carbonyl (C=O) groups excluding carboxylic acids is 2. The standard InChI is InChI=1S/C15H17N3O6/c1-4-10-9(15(21)22)6-11(23-10)14(20)18(3)7-13(19)16-12-5-8(2)24-17-12/h5-6H,4,7H2,1-3H3,(H,21,22)(H,16,17,19). The maximum absolute atomic E-state index is 12.3. The van der Waals surface area contributed by atoms with Gasteiger partial charge in [0.2, 0.25) is 5.91 Å². The summed E-state index contributed by atoms with van der Waals surface area (Å²) in [5.74, 6) is -1.37. The van der Waals surface area contributed by atoms with E-state index < -0.39 is 17.8 Å². The number of anilines is 1. The van der Waals surface area contributed by atoms with Gasteiger partial charge < -0.3 is 24.3 Å². The highest BCUT2D eigenvalue weighted by Crippen LogP contribution is 2.18. The molecule has 2 heterocycles. The molecule has 0 bridgehead atoms. The third-order valence-corrected chi connectivity index (χ3v) is 3.19. The van der Waals surface area contributed by atoms with Crippen LogP contribution in [-0.4, -0.2) is 46.5 Å². The molecule has 0 atom stereocenters. The van der Waals surface area contributed by atoms with Gasteiger partial charge in [0.1, 0.15) is 23.6 Å². The van der Waals surface area contributed by atoms with Gasteiger partial charge in [-0.2, -0.15) is 0 Å². The Hall–Kier alpha value is -3.10. The van der Waals surface area contributed by atoms with Crippen molar-refractivity contribution in [2.45, 2.75) is 20.3 Å². The van der Waals surface area contributed by atoms with Crippen molar-refractivity contribution in [1.29, 1.82) is 0 Å². The van der Waals surface area contributed by atoms with E-state index in [9.17, 15) is 14.4 Å². The summed E-state index contributed by atoms with van der Waals surface area (Å²) in [5, 5.41) is 15.2. The van der Waals surface area contributed by atoms with Crippen LogP contribution < -0.4 is 5.32 Å². The number of amides is 2. The number of aryl methyl sites for hydroxylation is 2. The first kappa shape index (κ1) is 17.3. The summed E-state index contributed by atoms with van der Waals surface area (Å²) in [7, 11) is 1.41. The van der Waals surface area contributed by atoms with E-state index in [1.54, 1.807) is 19.9 Å². The SMILES string of the molecule is CCc1oc(C(=O)N(C)CC(=O)Nc2cc(C)on2)cc1C(=O)O. The van der Waals surface area contributed by atoms with Gasteiger partial charge in [-0.1, -0.05) is 12.1 Å². The van der Waals surface area contributed by atoms with Gasteiger partial charge in [-0.15, -0.1) is 0 Å². The second kappa shape index (κ2) is 6.99. The van der Waals surface area contributed by atoms with Crippen molar-refractivity contribution in [3.63, 3.8) is 0 Å². The number of aromatic nitrogens is 1. The minimum atomic E-state index is -1.17. The Kier molecular flexibility index (Phi) is 5.02. The number of carbonyl (C=O) groups is 3. The predicted molar refractivity (Wildman–Crippen MR) is 81.9 cm³/mol. The molecule has 0 aromatic carbocycles. The monoisotopic (exact) mass is 335 g/mol. The van der Waals surface area contributed by atoms with Crippen LogP contribution in [0.25, 0.3) is 0 Å². The number of likely N-dealkylation sites (N-methyl/N-ethyl adjacent to an activating group) is 1. The quantitative estimate of drug-likeness (QED) is 0.820. The molecule has 0 unspecified atom stereocenters. The highest BCUT2D eigenvalue weighted by atomic mass is 16.5. The zero-order valence-electron chi connectivity index (χ0n) is 13.5. The second-order valence-electron chi connectivity index (χ2n) is 5.14. The van der Waals surface area contributed by atoms with Gasteiger partial charge in [0.15, 0.2) is 11.6 Å². The average Bonchev–Trinajstić information content (AvgIpc) is 3.12. The number of nitrogens with one attached hydrogen (secondary N) is 1. The number of rotatable bonds is 6. The van der Waals surface area contributed by atoms with E-state index in [4.69, 9.17) is 14.0 Å². The topological polar surface area (TPSA) is 126 Å². The zero-order chi connectivity index (χ0) is 17.9. The lowest BCUT2D eigenvalue weighted by Gasteiger charge is -2.14. The fourth-order valence-electron chi connectivity index (χ4n) is 2.06. The van der Waals surface area contributed by atoms with Crippen LogP contribution in [0.3, 0.4) is 0 Å². The minimum absolute atomic E-state index is 0.0585. The Balaban J connectivity index is 2.03. The van der Waals surface area contributed by atoms with Gasteiger partial charge >= 0.3 is 5.97 Å². The van der Waals surface area contributed by atoms with Crippen LogP contribution in [0.15, 0.2) is 21.1 Å². The Morgan fingerprint density at radius 3 is 2.54 bits per heavy atom. The van der Waals surface area contributed by atoms with Crippen LogP contribution in [0.5, 0.6) is 0 Å². The van der Waals surface area contributed by atoms with Gasteiger partial charge in [-0.3, -0.25) is 9.59 Å². The van der Waals surface area contributed by atoms with E-state index in [0.29, 0.717) is 12.2 Å². The molecule has 0 aliphatic rings. The van der Waals surface area contributed by atoms with Crippen molar-refractivity contribution in [3.05, 3.63) is 35.0 Å². The molecule has 0 saturated heterocycles. The summed E-state index contributed by atoms with van der Waals surface area (Å²) in [5.41, 5.74) is -0.0585. The first-order valence-corrected chi connectivity index (χ1v) is 7.16. The van der Waals surface area contributed by atoms with E-state index in [1.165, 1.54) is 13.1 Å². The lowest BCUT2D eigenvalue weighted by Crippen LogP contribution is -2.34. The molecule has 2 aromatic heterocycles. The van der Waals surface area contributed by atoms with Crippen LogP contribution in [0, 0.1) is 6.92 Å². The maximum atomic E-state index is 12.3. The highest BCUT2D eigenvalue weighted by molar-refractivity contribution is 5.99. The highest BCUT2D eigenvalue weighted by Gasteiger charge is 2.23. The van der Waals surface area contributed by atoms with Crippen molar-refractivity contribution in [3.8, 4) is 0 Å². The molecular formula is C15H17N3O6. The summed E-state index contributed by atoms with van der Waals surface area (Å²) in [6, 6.07) is 2.71. The van der Waals surface area contributed by atoms with Gasteiger partial charge in [0, 0.05) is 25.6 Å². The van der Waals surface area contributed by atoms with Gasteiger partial charge in [-0.25, -0.2) is 4.79 Å². The van der Waals surface area contributed by atoms with Crippen molar-refractivity contribution in [2.24, 2.45) is 0 Å². The first-order chi connectivity index (χ1) is 11.3. The summed E-state index contributed by atoms with van der Waals surface area (Å²) in [4.78, 5) is 36.4. The molecule has 0 saturated carbocycles. The number of hydrogen-bond acceptors (Lipinski definition) is 6. The third-order valence-electron chi connectivity index (χ3n) is 3.19. The van der Waals surface area contributed by atoms with Gasteiger partial charge in [-0.05, 0) is 6.92 Å².